The molecule has 0 atom stereocenters. The molecule has 1 saturated carbocycles. The first-order chi connectivity index (χ1) is 7.46. The molecule has 1 aliphatic rings. The van der Waals surface area contributed by atoms with E-state index in [0.717, 1.165) is 25.7 Å². The van der Waals surface area contributed by atoms with Gasteiger partial charge in [-0.1, -0.05) is 24.4 Å². The second-order valence-corrected chi connectivity index (χ2v) is 4.95. The van der Waals surface area contributed by atoms with E-state index in [1.807, 2.05) is 0 Å². The van der Waals surface area contributed by atoms with Crippen LogP contribution in [0.25, 0.3) is 0 Å². The second-order valence-electron chi connectivity index (χ2n) is 4.58. The van der Waals surface area contributed by atoms with Crippen LogP contribution in [0.4, 0.5) is 4.39 Å². The zero-order valence-electron chi connectivity index (χ0n) is 9.19. The van der Waals surface area contributed by atoms with E-state index in [1.165, 1.54) is 6.07 Å². The minimum atomic E-state index is -0.673. The number of phenols is 1. The molecular formula is C12H15ClFNO. The van der Waals surface area contributed by atoms with E-state index in [9.17, 15) is 9.50 Å². The van der Waals surface area contributed by atoms with E-state index in [0.29, 0.717) is 16.1 Å². The molecule has 1 aromatic rings. The van der Waals surface area contributed by atoms with Crippen molar-refractivity contribution >= 4 is 11.6 Å². The summed E-state index contributed by atoms with van der Waals surface area (Å²) < 4.78 is 13.5. The molecule has 0 heterocycles. The maximum absolute atomic E-state index is 13.5. The fourth-order valence-electron chi connectivity index (χ4n) is 2.45. The first kappa shape index (κ1) is 11.7. The minimum Gasteiger partial charge on any atom is -0.505 e. The SMILES string of the molecule is Cc1cc(F)c(O)c(C2(N)CCCC2)c1Cl. The highest BCUT2D eigenvalue weighted by atomic mass is 35.5. The number of halogens is 2. The lowest BCUT2D eigenvalue weighted by Crippen LogP contribution is -2.33. The van der Waals surface area contributed by atoms with E-state index in [2.05, 4.69) is 0 Å². The molecule has 0 unspecified atom stereocenters. The predicted molar refractivity (Wildman–Crippen MR) is 62.1 cm³/mol. The van der Waals surface area contributed by atoms with Gasteiger partial charge in [-0.25, -0.2) is 4.39 Å². The number of nitrogens with two attached hydrogens (primary N) is 1. The Labute approximate surface area is 99.2 Å². The van der Waals surface area contributed by atoms with Gasteiger partial charge in [0.1, 0.15) is 0 Å². The lowest BCUT2D eigenvalue weighted by atomic mass is 9.87. The second kappa shape index (κ2) is 3.90. The van der Waals surface area contributed by atoms with Gasteiger partial charge in [0.15, 0.2) is 11.6 Å². The van der Waals surface area contributed by atoms with Gasteiger partial charge < -0.3 is 10.8 Å². The Kier molecular flexibility index (Phi) is 2.84. The molecule has 16 heavy (non-hydrogen) atoms. The van der Waals surface area contributed by atoms with Gasteiger partial charge in [0.05, 0.1) is 5.02 Å². The third kappa shape index (κ3) is 1.68. The first-order valence-corrected chi connectivity index (χ1v) is 5.80. The topological polar surface area (TPSA) is 46.2 Å². The smallest absolute Gasteiger partial charge is 0.165 e. The summed E-state index contributed by atoms with van der Waals surface area (Å²) >= 11 is 6.13. The average Bonchev–Trinajstić information content (AvgIpc) is 2.63. The first-order valence-electron chi connectivity index (χ1n) is 5.42. The fourth-order valence-corrected chi connectivity index (χ4v) is 2.78. The van der Waals surface area contributed by atoms with Crippen LogP contribution in [0, 0.1) is 12.7 Å². The summed E-state index contributed by atoms with van der Waals surface area (Å²) in [4.78, 5) is 0. The number of rotatable bonds is 1. The quantitative estimate of drug-likeness (QED) is 0.796. The summed E-state index contributed by atoms with van der Waals surface area (Å²) in [5, 5.41) is 10.2. The number of aryl methyl sites for hydroxylation is 1. The van der Waals surface area contributed by atoms with Crippen LogP contribution in [0.2, 0.25) is 5.02 Å². The molecule has 0 saturated heterocycles. The van der Waals surface area contributed by atoms with Crippen molar-refractivity contribution in [3.8, 4) is 5.75 Å². The number of hydrogen-bond acceptors (Lipinski definition) is 2. The van der Waals surface area contributed by atoms with Gasteiger partial charge in [0, 0.05) is 11.1 Å². The van der Waals surface area contributed by atoms with Crippen molar-refractivity contribution in [3.63, 3.8) is 0 Å². The monoisotopic (exact) mass is 243 g/mol. The largest absolute Gasteiger partial charge is 0.505 e. The number of aromatic hydroxyl groups is 1. The minimum absolute atomic E-state index is 0.379. The molecule has 1 aliphatic carbocycles. The molecule has 4 heteroatoms. The summed E-state index contributed by atoms with van der Waals surface area (Å²) in [5.74, 6) is -1.03. The summed E-state index contributed by atoms with van der Waals surface area (Å²) in [6.45, 7) is 1.71. The Balaban J connectivity index is 2.63. The van der Waals surface area contributed by atoms with Gasteiger partial charge in [-0.2, -0.15) is 0 Å². The third-order valence-electron chi connectivity index (χ3n) is 3.37. The van der Waals surface area contributed by atoms with Gasteiger partial charge in [-0.15, -0.1) is 0 Å². The summed E-state index contributed by atoms with van der Waals surface area (Å²) in [7, 11) is 0. The fraction of sp³-hybridized carbons (Fsp3) is 0.500. The van der Waals surface area contributed by atoms with Gasteiger partial charge in [0.25, 0.3) is 0 Å². The van der Waals surface area contributed by atoms with Gasteiger partial charge >= 0.3 is 0 Å². The molecule has 0 bridgehead atoms. The van der Waals surface area contributed by atoms with Crippen LogP contribution in [-0.4, -0.2) is 5.11 Å². The van der Waals surface area contributed by atoms with Gasteiger partial charge in [-0.05, 0) is 31.4 Å². The molecule has 0 radical (unpaired) electrons. The zero-order valence-corrected chi connectivity index (χ0v) is 9.94. The van der Waals surface area contributed by atoms with Crippen LogP contribution in [0.3, 0.4) is 0 Å². The zero-order chi connectivity index (χ0) is 11.9. The van der Waals surface area contributed by atoms with Crippen molar-refractivity contribution in [1.82, 2.24) is 0 Å². The predicted octanol–water partition coefficient (Wildman–Crippen LogP) is 3.22. The maximum atomic E-state index is 13.5. The average molecular weight is 244 g/mol. The highest BCUT2D eigenvalue weighted by Crippen LogP contribution is 2.45. The normalized spacial score (nSPS) is 19.0. The molecule has 1 fully saturated rings. The molecule has 3 N–H and O–H groups in total. The van der Waals surface area contributed by atoms with Crippen LogP contribution in [0.15, 0.2) is 6.07 Å². The highest BCUT2D eigenvalue weighted by molar-refractivity contribution is 6.32. The van der Waals surface area contributed by atoms with E-state index in [1.54, 1.807) is 6.92 Å². The lowest BCUT2D eigenvalue weighted by molar-refractivity contribution is 0.385. The maximum Gasteiger partial charge on any atom is 0.165 e. The van der Waals surface area contributed by atoms with E-state index < -0.39 is 11.4 Å². The van der Waals surface area contributed by atoms with Crippen molar-refractivity contribution in [3.05, 3.63) is 28.0 Å². The Bertz CT molecular complexity index is 401. The van der Waals surface area contributed by atoms with Gasteiger partial charge in [0.2, 0.25) is 0 Å². The lowest BCUT2D eigenvalue weighted by Gasteiger charge is -2.27. The Morgan fingerprint density at radius 2 is 2.00 bits per heavy atom. The number of benzene rings is 1. The summed E-state index contributed by atoms with van der Waals surface area (Å²) in [6, 6.07) is 1.24. The van der Waals surface area contributed by atoms with Crippen LogP contribution >= 0.6 is 11.6 Å². The Hall–Kier alpha value is -0.800. The molecule has 0 aliphatic heterocycles. The number of hydrogen-bond donors (Lipinski definition) is 2. The Morgan fingerprint density at radius 3 is 2.56 bits per heavy atom. The molecule has 1 aromatic carbocycles. The van der Waals surface area contributed by atoms with Crippen molar-refractivity contribution < 1.29 is 9.50 Å². The molecule has 88 valence electrons. The molecule has 0 aromatic heterocycles. The molecule has 2 rings (SSSR count). The van der Waals surface area contributed by atoms with E-state index >= 15 is 0 Å². The molecular weight excluding hydrogens is 229 g/mol. The molecule has 0 spiro atoms. The van der Waals surface area contributed by atoms with Crippen molar-refractivity contribution in [2.45, 2.75) is 38.1 Å². The molecule has 2 nitrogen and oxygen atoms in total. The molecule has 0 amide bonds. The van der Waals surface area contributed by atoms with Crippen LogP contribution in [-0.2, 0) is 5.54 Å². The van der Waals surface area contributed by atoms with Crippen LogP contribution in [0.5, 0.6) is 5.75 Å². The van der Waals surface area contributed by atoms with Gasteiger partial charge in [-0.3, -0.25) is 0 Å². The van der Waals surface area contributed by atoms with Crippen LogP contribution < -0.4 is 5.73 Å². The summed E-state index contributed by atoms with van der Waals surface area (Å²) in [6.07, 6.45) is 3.45. The standard InChI is InChI=1S/C12H15ClFNO/c1-7-6-8(14)11(16)9(10(7)13)12(15)4-2-3-5-12/h6,16H,2-5,15H2,1H3. The third-order valence-corrected chi connectivity index (χ3v) is 3.85. The number of phenolic OH excluding ortho intramolecular Hbond substituents is 1. The van der Waals surface area contributed by atoms with E-state index in [-0.39, 0.29) is 5.75 Å². The van der Waals surface area contributed by atoms with Crippen molar-refractivity contribution in [2.24, 2.45) is 5.73 Å². The van der Waals surface area contributed by atoms with E-state index in [4.69, 9.17) is 17.3 Å². The Morgan fingerprint density at radius 1 is 1.44 bits per heavy atom. The highest BCUT2D eigenvalue weighted by Gasteiger charge is 2.36. The van der Waals surface area contributed by atoms with Crippen LogP contribution in [0.1, 0.15) is 36.8 Å². The summed E-state index contributed by atoms with van der Waals surface area (Å²) in [5.41, 5.74) is 6.53. The van der Waals surface area contributed by atoms with Crippen molar-refractivity contribution in [2.75, 3.05) is 0 Å². The van der Waals surface area contributed by atoms with Crippen molar-refractivity contribution in [1.29, 1.82) is 0 Å².